The van der Waals surface area contributed by atoms with E-state index in [0.717, 1.165) is 47.3 Å². The molecule has 0 spiro atoms. The number of hydrogen-bond donors (Lipinski definition) is 1. The van der Waals surface area contributed by atoms with Gasteiger partial charge in [0.05, 0.1) is 29.8 Å². The highest BCUT2D eigenvalue weighted by Gasteiger charge is 2.25. The Morgan fingerprint density at radius 2 is 1.81 bits per heavy atom. The molecule has 1 aromatic heterocycles. The van der Waals surface area contributed by atoms with E-state index in [1.807, 2.05) is 36.4 Å². The fraction of sp³-hybridized carbons (Fsp3) is 0.292. The maximum absolute atomic E-state index is 11.1. The molecule has 1 N–H and O–H groups in total. The van der Waals surface area contributed by atoms with Crippen LogP contribution < -0.4 is 10.2 Å². The number of rotatable bonds is 6. The summed E-state index contributed by atoms with van der Waals surface area (Å²) >= 11 is 0. The third kappa shape index (κ3) is 5.12. The summed E-state index contributed by atoms with van der Waals surface area (Å²) in [6.45, 7) is 0.507. The van der Waals surface area contributed by atoms with Gasteiger partial charge in [0, 0.05) is 12.0 Å². The van der Waals surface area contributed by atoms with Crippen LogP contribution >= 0.6 is 0 Å². The Morgan fingerprint density at radius 1 is 1.03 bits per heavy atom. The number of ether oxygens (including phenoxy) is 1. The smallest absolute Gasteiger partial charge is 0.274 e. The van der Waals surface area contributed by atoms with Gasteiger partial charge in [0.1, 0.15) is 5.75 Å². The second kappa shape index (κ2) is 9.47. The van der Waals surface area contributed by atoms with Crippen LogP contribution in [0.3, 0.4) is 0 Å². The molecule has 1 aliphatic carbocycles. The van der Waals surface area contributed by atoms with Gasteiger partial charge in [-0.05, 0) is 36.1 Å². The molecule has 2 atom stereocenters. The summed E-state index contributed by atoms with van der Waals surface area (Å²) < 4.78 is 6.97. The monoisotopic (exact) mass is 419 g/mol. The molecule has 2 aromatic carbocycles. The van der Waals surface area contributed by atoms with Crippen molar-refractivity contribution in [1.82, 2.24) is 4.73 Å². The first-order valence-electron chi connectivity index (χ1n) is 10.5. The molecule has 31 heavy (non-hydrogen) atoms. The highest BCUT2D eigenvalue weighted by Crippen LogP contribution is 2.29. The van der Waals surface area contributed by atoms with E-state index in [2.05, 4.69) is 23.2 Å². The average molecular weight is 419 g/mol. The maximum atomic E-state index is 11.1. The number of nitrogens with zero attached hydrogens (tertiary/aromatic N) is 3. The van der Waals surface area contributed by atoms with E-state index in [9.17, 15) is 15.3 Å². The van der Waals surface area contributed by atoms with E-state index in [1.54, 1.807) is 0 Å². The summed E-state index contributed by atoms with van der Waals surface area (Å²) in [5.74, 6) is 0.978. The zero-order chi connectivity index (χ0) is 21.6. The van der Waals surface area contributed by atoms with E-state index in [4.69, 9.17) is 4.74 Å². The molecule has 7 heteroatoms. The Balaban J connectivity index is 1.51. The number of nitro groups is 1. The van der Waals surface area contributed by atoms with Crippen molar-refractivity contribution in [2.24, 2.45) is 10.9 Å². The molecule has 0 saturated heterocycles. The molecule has 3 aromatic rings. The van der Waals surface area contributed by atoms with Gasteiger partial charge in [-0.15, -0.1) is 0 Å². The van der Waals surface area contributed by atoms with Crippen LogP contribution in [0, 0.1) is 16.0 Å². The van der Waals surface area contributed by atoms with E-state index in [-0.39, 0.29) is 23.1 Å². The minimum Gasteiger partial charge on any atom is -0.493 e. The van der Waals surface area contributed by atoms with Crippen LogP contribution in [-0.4, -0.2) is 27.5 Å². The van der Waals surface area contributed by atoms with Crippen molar-refractivity contribution in [3.05, 3.63) is 88.5 Å². The topological polar surface area (TPSA) is 89.9 Å². The standard InChI is InChI=1S/C24H25N3O4/c28-26-14-13-21(27(29)30)16-24(26)25-23-12-5-4-9-20(23)17-31-22-11-6-10-19(15-22)18-7-2-1-3-8-18/h1-3,6-8,10-11,13-16,20,23,28H,4-5,9,12,17H2/t20-,23+/m0/s1. The molecule has 0 radical (unpaired) electrons. The summed E-state index contributed by atoms with van der Waals surface area (Å²) in [6, 6.07) is 20.7. The molecule has 1 fully saturated rings. The fourth-order valence-electron chi connectivity index (χ4n) is 4.00. The summed E-state index contributed by atoms with van der Waals surface area (Å²) in [6.07, 6.45) is 5.21. The normalized spacial score (nSPS) is 19.2. The van der Waals surface area contributed by atoms with Crippen LogP contribution in [0.2, 0.25) is 0 Å². The van der Waals surface area contributed by atoms with Crippen LogP contribution in [0.5, 0.6) is 5.75 Å². The molecular formula is C24H25N3O4. The molecule has 4 rings (SSSR count). The van der Waals surface area contributed by atoms with Crippen LogP contribution in [0.15, 0.2) is 77.9 Å². The lowest BCUT2D eigenvalue weighted by Crippen LogP contribution is -2.32. The van der Waals surface area contributed by atoms with Crippen LogP contribution in [-0.2, 0) is 0 Å². The second-order valence-electron chi connectivity index (χ2n) is 7.79. The van der Waals surface area contributed by atoms with Gasteiger partial charge in [-0.3, -0.25) is 15.1 Å². The lowest BCUT2D eigenvalue weighted by atomic mass is 9.85. The maximum Gasteiger partial charge on any atom is 0.274 e. The predicted octanol–water partition coefficient (Wildman–Crippen LogP) is 4.84. The highest BCUT2D eigenvalue weighted by atomic mass is 16.6. The van der Waals surface area contributed by atoms with Crippen molar-refractivity contribution in [2.45, 2.75) is 31.7 Å². The average Bonchev–Trinajstić information content (AvgIpc) is 2.80. The quantitative estimate of drug-likeness (QED) is 0.352. The first-order chi connectivity index (χ1) is 15.1. The predicted molar refractivity (Wildman–Crippen MR) is 117 cm³/mol. The molecule has 1 heterocycles. The number of benzene rings is 2. The van der Waals surface area contributed by atoms with Gasteiger partial charge in [-0.25, -0.2) is 0 Å². The van der Waals surface area contributed by atoms with Crippen LogP contribution in [0.4, 0.5) is 5.69 Å². The van der Waals surface area contributed by atoms with E-state index in [1.165, 1.54) is 18.3 Å². The summed E-state index contributed by atoms with van der Waals surface area (Å²) in [4.78, 5) is 15.2. The molecule has 1 saturated carbocycles. The van der Waals surface area contributed by atoms with Crippen molar-refractivity contribution >= 4 is 5.69 Å². The van der Waals surface area contributed by atoms with Crippen LogP contribution in [0.25, 0.3) is 11.1 Å². The van der Waals surface area contributed by atoms with E-state index in [0.29, 0.717) is 6.61 Å². The molecular weight excluding hydrogens is 394 g/mol. The van der Waals surface area contributed by atoms with Crippen molar-refractivity contribution in [3.8, 4) is 16.9 Å². The Hall–Kier alpha value is -3.61. The minimum atomic E-state index is -0.486. The van der Waals surface area contributed by atoms with Gasteiger partial charge in [0.15, 0.2) is 5.49 Å². The Bertz CT molecular complexity index is 1110. The zero-order valence-electron chi connectivity index (χ0n) is 17.1. The molecule has 7 nitrogen and oxygen atoms in total. The van der Waals surface area contributed by atoms with Crippen molar-refractivity contribution in [3.63, 3.8) is 0 Å². The lowest BCUT2D eigenvalue weighted by molar-refractivity contribution is -0.385. The number of hydrogen-bond acceptors (Lipinski definition) is 5. The Kier molecular flexibility index (Phi) is 6.31. The third-order valence-electron chi connectivity index (χ3n) is 5.68. The van der Waals surface area contributed by atoms with Gasteiger partial charge in [0.25, 0.3) is 5.69 Å². The summed E-state index contributed by atoms with van der Waals surface area (Å²) in [7, 11) is 0. The number of aromatic nitrogens is 1. The fourth-order valence-corrected chi connectivity index (χ4v) is 4.00. The molecule has 0 unspecified atom stereocenters. The van der Waals surface area contributed by atoms with E-state index >= 15 is 0 Å². The van der Waals surface area contributed by atoms with Gasteiger partial charge in [-0.2, -0.15) is 4.73 Å². The highest BCUT2D eigenvalue weighted by molar-refractivity contribution is 5.64. The van der Waals surface area contributed by atoms with Crippen molar-refractivity contribution < 1.29 is 14.9 Å². The molecule has 1 aliphatic rings. The third-order valence-corrected chi connectivity index (χ3v) is 5.68. The van der Waals surface area contributed by atoms with E-state index < -0.39 is 4.92 Å². The zero-order valence-corrected chi connectivity index (χ0v) is 17.1. The summed E-state index contributed by atoms with van der Waals surface area (Å²) in [5.41, 5.74) is 2.33. The first-order valence-corrected chi connectivity index (χ1v) is 10.5. The minimum absolute atomic E-state index is 0.0635. The van der Waals surface area contributed by atoms with Crippen molar-refractivity contribution in [2.75, 3.05) is 6.61 Å². The Morgan fingerprint density at radius 3 is 2.61 bits per heavy atom. The SMILES string of the molecule is O=[N+]([O-])c1ccn(O)c(=N[C@@H]2CCCC[C@H]2COc2cccc(-c3ccccc3)c2)c1. The number of pyridine rings is 1. The first kappa shape index (κ1) is 20.7. The van der Waals surface area contributed by atoms with Gasteiger partial charge in [-0.1, -0.05) is 55.3 Å². The molecule has 160 valence electrons. The second-order valence-corrected chi connectivity index (χ2v) is 7.79. The molecule has 0 aliphatic heterocycles. The van der Waals surface area contributed by atoms with Gasteiger partial charge in [0.2, 0.25) is 0 Å². The van der Waals surface area contributed by atoms with Gasteiger partial charge >= 0.3 is 0 Å². The molecule has 0 bridgehead atoms. The van der Waals surface area contributed by atoms with Gasteiger partial charge < -0.3 is 9.94 Å². The van der Waals surface area contributed by atoms with Crippen molar-refractivity contribution in [1.29, 1.82) is 0 Å². The largest absolute Gasteiger partial charge is 0.493 e. The lowest BCUT2D eigenvalue weighted by Gasteiger charge is -2.28. The van der Waals surface area contributed by atoms with Crippen LogP contribution in [0.1, 0.15) is 25.7 Å². The Labute approximate surface area is 180 Å². The summed E-state index contributed by atoms with van der Waals surface area (Å²) in [5, 5.41) is 21.1. The molecule has 0 amide bonds.